The molecule has 0 bridgehead atoms. The second-order valence-corrected chi connectivity index (χ2v) is 6.62. The summed E-state index contributed by atoms with van der Waals surface area (Å²) in [4.78, 5) is 23.4. The summed E-state index contributed by atoms with van der Waals surface area (Å²) >= 11 is 2.88. The fourth-order valence-corrected chi connectivity index (χ4v) is 3.79. The van der Waals surface area contributed by atoms with Crippen LogP contribution in [0.2, 0.25) is 0 Å². The Kier molecular flexibility index (Phi) is 4.35. The van der Waals surface area contributed by atoms with Crippen LogP contribution in [0.1, 0.15) is 34.6 Å². The van der Waals surface area contributed by atoms with Crippen LogP contribution in [0.3, 0.4) is 0 Å². The Labute approximate surface area is 131 Å². The maximum Gasteiger partial charge on any atom is 0.265 e. The predicted molar refractivity (Wildman–Crippen MR) is 85.9 cm³/mol. The van der Waals surface area contributed by atoms with Gasteiger partial charge in [-0.2, -0.15) is 0 Å². The fraction of sp³-hybridized carbons (Fsp3) is 0.462. The lowest BCUT2D eigenvalue weighted by atomic mass is 10.1. The molecular formula is C13H17N5OS2. The first-order valence-electron chi connectivity index (χ1n) is 6.90. The number of aromatic nitrogens is 2. The van der Waals surface area contributed by atoms with E-state index in [-0.39, 0.29) is 5.91 Å². The van der Waals surface area contributed by atoms with E-state index in [2.05, 4.69) is 20.2 Å². The molecule has 1 fully saturated rings. The highest BCUT2D eigenvalue weighted by atomic mass is 32.1. The van der Waals surface area contributed by atoms with Gasteiger partial charge in [0.2, 0.25) is 0 Å². The molecule has 1 aliphatic heterocycles. The number of hydrogen-bond acceptors (Lipinski definition) is 7. The Hall–Kier alpha value is -1.67. The van der Waals surface area contributed by atoms with Crippen molar-refractivity contribution >= 4 is 39.5 Å². The Bertz CT molecular complexity index is 604. The van der Waals surface area contributed by atoms with E-state index in [1.54, 1.807) is 5.51 Å². The van der Waals surface area contributed by atoms with Crippen LogP contribution in [-0.2, 0) is 6.54 Å². The van der Waals surface area contributed by atoms with Gasteiger partial charge in [0, 0.05) is 18.5 Å². The molecule has 1 amide bonds. The molecule has 0 spiro atoms. The minimum atomic E-state index is -0.179. The third-order valence-electron chi connectivity index (χ3n) is 3.39. The zero-order valence-electron chi connectivity index (χ0n) is 11.5. The monoisotopic (exact) mass is 323 g/mol. The molecule has 3 heterocycles. The molecule has 1 aliphatic rings. The van der Waals surface area contributed by atoms with Crippen LogP contribution in [0.4, 0.5) is 10.9 Å². The van der Waals surface area contributed by atoms with Crippen molar-refractivity contribution in [3.8, 4) is 0 Å². The maximum absolute atomic E-state index is 12.2. The van der Waals surface area contributed by atoms with Gasteiger partial charge in [0.1, 0.15) is 10.7 Å². The van der Waals surface area contributed by atoms with Crippen molar-refractivity contribution < 1.29 is 4.79 Å². The molecule has 2 aromatic rings. The third-order valence-corrected chi connectivity index (χ3v) is 5.15. The summed E-state index contributed by atoms with van der Waals surface area (Å²) in [5, 5.41) is 5.60. The van der Waals surface area contributed by atoms with Gasteiger partial charge in [-0.15, -0.1) is 11.3 Å². The van der Waals surface area contributed by atoms with E-state index >= 15 is 0 Å². The lowest BCUT2D eigenvalue weighted by Gasteiger charge is -2.25. The van der Waals surface area contributed by atoms with Crippen molar-refractivity contribution in [1.29, 1.82) is 0 Å². The molecule has 0 unspecified atom stereocenters. The average Bonchev–Trinajstić information content (AvgIpc) is 3.15. The van der Waals surface area contributed by atoms with Crippen LogP contribution in [0.5, 0.6) is 0 Å². The van der Waals surface area contributed by atoms with E-state index in [0.29, 0.717) is 17.2 Å². The average molecular weight is 323 g/mol. The Morgan fingerprint density at radius 3 is 2.90 bits per heavy atom. The molecule has 21 heavy (non-hydrogen) atoms. The van der Waals surface area contributed by atoms with E-state index in [1.165, 1.54) is 41.9 Å². The van der Waals surface area contributed by atoms with Gasteiger partial charge < -0.3 is 16.0 Å². The summed E-state index contributed by atoms with van der Waals surface area (Å²) < 4.78 is 0. The van der Waals surface area contributed by atoms with Gasteiger partial charge in [0.25, 0.3) is 5.91 Å². The number of carbonyl (C=O) groups is 1. The number of carbonyl (C=O) groups excluding carboxylic acids is 1. The van der Waals surface area contributed by atoms with Crippen molar-refractivity contribution in [2.75, 3.05) is 23.7 Å². The lowest BCUT2D eigenvalue weighted by molar-refractivity contribution is 0.0955. The molecule has 112 valence electrons. The van der Waals surface area contributed by atoms with Gasteiger partial charge in [-0.25, -0.2) is 9.97 Å². The molecule has 8 heteroatoms. The standard InChI is InChI=1S/C13H17N5OS2/c14-11-10(12(19)15-6-9-7-20-8-16-9)21-13(17-11)18-4-2-1-3-5-18/h7-8H,1-6,14H2,(H,15,19). The molecule has 0 atom stereocenters. The summed E-state index contributed by atoms with van der Waals surface area (Å²) in [5.41, 5.74) is 8.50. The van der Waals surface area contributed by atoms with Crippen molar-refractivity contribution in [3.05, 3.63) is 21.5 Å². The number of nitrogens with two attached hydrogens (primary N) is 1. The maximum atomic E-state index is 12.2. The van der Waals surface area contributed by atoms with Crippen molar-refractivity contribution in [2.45, 2.75) is 25.8 Å². The number of nitrogens with zero attached hydrogens (tertiary/aromatic N) is 3. The number of nitrogens with one attached hydrogen (secondary N) is 1. The van der Waals surface area contributed by atoms with Crippen LogP contribution in [0, 0.1) is 0 Å². The second-order valence-electron chi connectivity index (χ2n) is 4.92. The number of thiazole rings is 2. The first kappa shape index (κ1) is 14.3. The summed E-state index contributed by atoms with van der Waals surface area (Å²) in [5.74, 6) is 0.137. The lowest BCUT2D eigenvalue weighted by Crippen LogP contribution is -2.29. The van der Waals surface area contributed by atoms with Crippen LogP contribution in [0.15, 0.2) is 10.9 Å². The molecule has 0 radical (unpaired) electrons. The highest BCUT2D eigenvalue weighted by Gasteiger charge is 2.20. The van der Waals surface area contributed by atoms with Gasteiger partial charge >= 0.3 is 0 Å². The third kappa shape index (κ3) is 3.33. The molecule has 1 saturated heterocycles. The molecule has 2 aromatic heterocycles. The molecule has 0 aromatic carbocycles. The Morgan fingerprint density at radius 2 is 2.19 bits per heavy atom. The normalized spacial score (nSPS) is 15.1. The van der Waals surface area contributed by atoms with Gasteiger partial charge in [0.05, 0.1) is 17.7 Å². The highest BCUT2D eigenvalue weighted by molar-refractivity contribution is 7.18. The van der Waals surface area contributed by atoms with Crippen LogP contribution in [-0.4, -0.2) is 29.0 Å². The zero-order chi connectivity index (χ0) is 14.7. The predicted octanol–water partition coefficient (Wildman–Crippen LogP) is 2.10. The molecule has 6 nitrogen and oxygen atoms in total. The second kappa shape index (κ2) is 6.40. The van der Waals surface area contributed by atoms with Crippen molar-refractivity contribution in [2.24, 2.45) is 0 Å². The SMILES string of the molecule is Nc1nc(N2CCCCC2)sc1C(=O)NCc1cscn1. The van der Waals surface area contributed by atoms with E-state index < -0.39 is 0 Å². The summed E-state index contributed by atoms with van der Waals surface area (Å²) in [6, 6.07) is 0. The summed E-state index contributed by atoms with van der Waals surface area (Å²) in [6.45, 7) is 2.40. The molecular weight excluding hydrogens is 306 g/mol. The van der Waals surface area contributed by atoms with Crippen molar-refractivity contribution in [3.63, 3.8) is 0 Å². The number of hydrogen-bond donors (Lipinski definition) is 2. The quantitative estimate of drug-likeness (QED) is 0.900. The summed E-state index contributed by atoms with van der Waals surface area (Å²) in [6.07, 6.45) is 3.61. The Morgan fingerprint density at radius 1 is 1.38 bits per heavy atom. The molecule has 0 saturated carbocycles. The molecule has 3 N–H and O–H groups in total. The number of piperidine rings is 1. The fourth-order valence-electron chi connectivity index (χ4n) is 2.28. The van der Waals surface area contributed by atoms with Crippen molar-refractivity contribution in [1.82, 2.24) is 15.3 Å². The minimum absolute atomic E-state index is 0.179. The highest BCUT2D eigenvalue weighted by Crippen LogP contribution is 2.29. The van der Waals surface area contributed by atoms with Gasteiger partial charge in [-0.05, 0) is 19.3 Å². The molecule has 3 rings (SSSR count). The van der Waals surface area contributed by atoms with E-state index in [4.69, 9.17) is 5.73 Å². The number of anilines is 2. The van der Waals surface area contributed by atoms with Crippen LogP contribution >= 0.6 is 22.7 Å². The number of rotatable bonds is 4. The van der Waals surface area contributed by atoms with Gasteiger partial charge in [0.15, 0.2) is 5.13 Å². The topological polar surface area (TPSA) is 84.1 Å². The number of nitrogen functional groups attached to an aromatic ring is 1. The minimum Gasteiger partial charge on any atom is -0.382 e. The van der Waals surface area contributed by atoms with Gasteiger partial charge in [-0.3, -0.25) is 4.79 Å². The smallest absolute Gasteiger partial charge is 0.265 e. The van der Waals surface area contributed by atoms with E-state index in [0.717, 1.165) is 23.9 Å². The molecule has 0 aliphatic carbocycles. The van der Waals surface area contributed by atoms with Gasteiger partial charge in [-0.1, -0.05) is 11.3 Å². The summed E-state index contributed by atoms with van der Waals surface area (Å²) in [7, 11) is 0. The van der Waals surface area contributed by atoms with E-state index in [1.807, 2.05) is 5.38 Å². The zero-order valence-corrected chi connectivity index (χ0v) is 13.2. The van der Waals surface area contributed by atoms with E-state index in [9.17, 15) is 4.79 Å². The first-order chi connectivity index (χ1) is 10.2. The van der Waals surface area contributed by atoms with Crippen LogP contribution < -0.4 is 16.0 Å². The Balaban J connectivity index is 1.66. The van der Waals surface area contributed by atoms with Crippen LogP contribution in [0.25, 0.3) is 0 Å². The largest absolute Gasteiger partial charge is 0.382 e. The number of amides is 1. The first-order valence-corrected chi connectivity index (χ1v) is 8.66.